The summed E-state index contributed by atoms with van der Waals surface area (Å²) in [5.41, 5.74) is 3.11. The molecule has 1 aliphatic heterocycles. The first-order valence-corrected chi connectivity index (χ1v) is 8.79. The lowest BCUT2D eigenvalue weighted by Crippen LogP contribution is -2.63. The van der Waals surface area contributed by atoms with E-state index in [1.165, 1.54) is 4.88 Å². The molecule has 2 atom stereocenters. The molecule has 2 rings (SSSR count). The van der Waals surface area contributed by atoms with Crippen LogP contribution in [0.15, 0.2) is 15.9 Å². The summed E-state index contributed by atoms with van der Waals surface area (Å²) in [6.07, 6.45) is 2.02. The van der Waals surface area contributed by atoms with Crippen LogP contribution in [0.2, 0.25) is 0 Å². The molecule has 1 fully saturated rings. The summed E-state index contributed by atoms with van der Waals surface area (Å²) in [6.45, 7) is 8.15. The van der Waals surface area contributed by atoms with Crippen molar-refractivity contribution < 1.29 is 4.74 Å². The highest BCUT2D eigenvalue weighted by Gasteiger charge is 2.38. The molecule has 2 unspecified atom stereocenters. The van der Waals surface area contributed by atoms with E-state index in [0.717, 1.165) is 43.6 Å². The standard InChI is InChI=1S/C14H24BrN3OS/c1-3-14(2,18-4-6-19-7-5-18)13(17-16)9-12-8-11(15)10-20-12/h8,10,13,17H,3-7,9,16H2,1-2H3. The predicted octanol–water partition coefficient (Wildman–Crippen LogP) is 2.39. The van der Waals surface area contributed by atoms with E-state index in [4.69, 9.17) is 10.6 Å². The highest BCUT2D eigenvalue weighted by Crippen LogP contribution is 2.29. The van der Waals surface area contributed by atoms with Gasteiger partial charge in [0.2, 0.25) is 0 Å². The fourth-order valence-corrected chi connectivity index (χ4v) is 4.38. The van der Waals surface area contributed by atoms with E-state index in [-0.39, 0.29) is 11.6 Å². The van der Waals surface area contributed by atoms with Crippen LogP contribution in [0.4, 0.5) is 0 Å². The first kappa shape index (κ1) is 16.4. The van der Waals surface area contributed by atoms with Crippen molar-refractivity contribution in [2.75, 3.05) is 26.3 Å². The van der Waals surface area contributed by atoms with Crippen LogP contribution in [0.1, 0.15) is 25.1 Å². The van der Waals surface area contributed by atoms with Gasteiger partial charge in [-0.25, -0.2) is 0 Å². The first-order chi connectivity index (χ1) is 9.60. The lowest BCUT2D eigenvalue weighted by Gasteiger charge is -2.47. The van der Waals surface area contributed by atoms with Crippen LogP contribution in [0.5, 0.6) is 0 Å². The number of halogens is 1. The number of nitrogens with zero attached hydrogens (tertiary/aromatic N) is 1. The number of ether oxygens (including phenoxy) is 1. The van der Waals surface area contributed by atoms with Gasteiger partial charge in [0.25, 0.3) is 0 Å². The third kappa shape index (κ3) is 3.61. The van der Waals surface area contributed by atoms with Gasteiger partial charge < -0.3 is 4.74 Å². The molecule has 1 aromatic heterocycles. The number of nitrogens with two attached hydrogens (primary N) is 1. The van der Waals surface area contributed by atoms with E-state index >= 15 is 0 Å². The van der Waals surface area contributed by atoms with Crippen LogP contribution in [0.25, 0.3) is 0 Å². The Labute approximate surface area is 133 Å². The van der Waals surface area contributed by atoms with E-state index in [1.54, 1.807) is 11.3 Å². The summed E-state index contributed by atoms with van der Waals surface area (Å²) in [6, 6.07) is 2.42. The second kappa shape index (κ2) is 7.33. The molecule has 6 heteroatoms. The highest BCUT2D eigenvalue weighted by atomic mass is 79.9. The lowest BCUT2D eigenvalue weighted by atomic mass is 9.85. The van der Waals surface area contributed by atoms with Crippen molar-refractivity contribution in [3.05, 3.63) is 20.8 Å². The maximum atomic E-state index is 5.88. The summed E-state index contributed by atoms with van der Waals surface area (Å²) >= 11 is 5.30. The molecule has 0 radical (unpaired) electrons. The second-order valence-corrected chi connectivity index (χ2v) is 7.38. The predicted molar refractivity (Wildman–Crippen MR) is 87.9 cm³/mol. The summed E-state index contributed by atoms with van der Waals surface area (Å²) in [7, 11) is 0. The zero-order valence-electron chi connectivity index (χ0n) is 12.2. The molecule has 2 heterocycles. The molecular weight excluding hydrogens is 338 g/mol. The summed E-state index contributed by atoms with van der Waals surface area (Å²) in [5, 5.41) is 2.13. The number of thiophene rings is 1. The number of nitrogens with one attached hydrogen (secondary N) is 1. The molecule has 1 saturated heterocycles. The van der Waals surface area contributed by atoms with Gasteiger partial charge in [0.1, 0.15) is 0 Å². The fraction of sp³-hybridized carbons (Fsp3) is 0.714. The van der Waals surface area contributed by atoms with Crippen LogP contribution in [0.3, 0.4) is 0 Å². The monoisotopic (exact) mass is 361 g/mol. The lowest BCUT2D eigenvalue weighted by molar-refractivity contribution is -0.0321. The van der Waals surface area contributed by atoms with Gasteiger partial charge in [-0.15, -0.1) is 11.3 Å². The molecule has 0 bridgehead atoms. The first-order valence-electron chi connectivity index (χ1n) is 7.12. The molecule has 114 valence electrons. The zero-order valence-corrected chi connectivity index (χ0v) is 14.6. The minimum Gasteiger partial charge on any atom is -0.379 e. The Balaban J connectivity index is 2.12. The molecule has 1 aliphatic rings. The molecule has 0 amide bonds. The van der Waals surface area contributed by atoms with Crippen molar-refractivity contribution in [1.29, 1.82) is 0 Å². The Hall–Kier alpha value is 0.0200. The average molecular weight is 362 g/mol. The SMILES string of the molecule is CCC(C)(C(Cc1cc(Br)cs1)NN)N1CCOCC1. The van der Waals surface area contributed by atoms with Gasteiger partial charge in [-0.2, -0.15) is 0 Å². The molecule has 0 saturated carbocycles. The molecule has 1 aromatic rings. The van der Waals surface area contributed by atoms with Crippen LogP contribution in [-0.2, 0) is 11.2 Å². The number of hydrogen-bond donors (Lipinski definition) is 2. The number of rotatable bonds is 6. The van der Waals surface area contributed by atoms with Crippen molar-refractivity contribution in [2.24, 2.45) is 5.84 Å². The van der Waals surface area contributed by atoms with Crippen molar-refractivity contribution in [1.82, 2.24) is 10.3 Å². The third-order valence-corrected chi connectivity index (χ3v) is 6.15. The Morgan fingerprint density at radius 3 is 2.75 bits per heavy atom. The third-order valence-electron chi connectivity index (χ3n) is 4.43. The van der Waals surface area contributed by atoms with Gasteiger partial charge in [0, 0.05) is 45.8 Å². The summed E-state index contributed by atoms with van der Waals surface area (Å²) in [5.74, 6) is 5.88. The van der Waals surface area contributed by atoms with Gasteiger partial charge in [-0.1, -0.05) is 6.92 Å². The smallest absolute Gasteiger partial charge is 0.0594 e. The highest BCUT2D eigenvalue weighted by molar-refractivity contribution is 9.10. The average Bonchev–Trinajstić information content (AvgIpc) is 2.90. The van der Waals surface area contributed by atoms with Gasteiger partial charge in [0.05, 0.1) is 13.2 Å². The van der Waals surface area contributed by atoms with Crippen LogP contribution < -0.4 is 11.3 Å². The molecule has 4 nitrogen and oxygen atoms in total. The van der Waals surface area contributed by atoms with E-state index in [2.05, 4.69) is 51.5 Å². The van der Waals surface area contributed by atoms with Crippen LogP contribution >= 0.6 is 27.3 Å². The quantitative estimate of drug-likeness (QED) is 0.603. The Morgan fingerprint density at radius 1 is 1.55 bits per heavy atom. The minimum absolute atomic E-state index is 0.0506. The Kier molecular flexibility index (Phi) is 6.01. The number of morpholine rings is 1. The van der Waals surface area contributed by atoms with Crippen molar-refractivity contribution in [3.63, 3.8) is 0 Å². The molecule has 0 aromatic carbocycles. The molecule has 0 aliphatic carbocycles. The Morgan fingerprint density at radius 2 is 2.25 bits per heavy atom. The van der Waals surface area contributed by atoms with E-state index in [1.807, 2.05) is 0 Å². The molecule has 20 heavy (non-hydrogen) atoms. The topological polar surface area (TPSA) is 50.5 Å². The minimum atomic E-state index is 0.0506. The van der Waals surface area contributed by atoms with E-state index < -0.39 is 0 Å². The largest absolute Gasteiger partial charge is 0.379 e. The Bertz CT molecular complexity index is 422. The summed E-state index contributed by atoms with van der Waals surface area (Å²) < 4.78 is 6.63. The molecule has 3 N–H and O–H groups in total. The molecular formula is C14H24BrN3OS. The van der Waals surface area contributed by atoms with Crippen LogP contribution in [0, 0.1) is 0 Å². The normalized spacial score (nSPS) is 21.6. The number of hydrogen-bond acceptors (Lipinski definition) is 5. The van der Waals surface area contributed by atoms with Gasteiger partial charge in [-0.3, -0.25) is 16.2 Å². The second-order valence-electron chi connectivity index (χ2n) is 5.46. The molecule has 0 spiro atoms. The number of hydrazine groups is 1. The van der Waals surface area contributed by atoms with E-state index in [0.29, 0.717) is 0 Å². The van der Waals surface area contributed by atoms with Crippen LogP contribution in [-0.4, -0.2) is 42.8 Å². The maximum Gasteiger partial charge on any atom is 0.0594 e. The fourth-order valence-electron chi connectivity index (χ4n) is 2.88. The van der Waals surface area contributed by atoms with Gasteiger partial charge in [0.15, 0.2) is 0 Å². The summed E-state index contributed by atoms with van der Waals surface area (Å²) in [4.78, 5) is 3.87. The van der Waals surface area contributed by atoms with Gasteiger partial charge in [-0.05, 0) is 35.3 Å². The van der Waals surface area contributed by atoms with Gasteiger partial charge >= 0.3 is 0 Å². The zero-order chi connectivity index (χ0) is 14.6. The van der Waals surface area contributed by atoms with Crippen molar-refractivity contribution in [3.8, 4) is 0 Å². The van der Waals surface area contributed by atoms with Crippen molar-refractivity contribution >= 4 is 27.3 Å². The maximum absolute atomic E-state index is 5.88. The van der Waals surface area contributed by atoms with Crippen molar-refractivity contribution in [2.45, 2.75) is 38.3 Å². The van der Waals surface area contributed by atoms with E-state index in [9.17, 15) is 0 Å².